The molecule has 0 aromatic carbocycles. The largest absolute Gasteiger partial charge is 0.477 e. The molecular formula is C11H12N2O2S. The van der Waals surface area contributed by atoms with Gasteiger partial charge in [0.2, 0.25) is 0 Å². The van der Waals surface area contributed by atoms with Crippen molar-refractivity contribution in [1.82, 2.24) is 4.98 Å². The van der Waals surface area contributed by atoms with Gasteiger partial charge in [0.15, 0.2) is 0 Å². The van der Waals surface area contributed by atoms with Gasteiger partial charge in [0.05, 0.1) is 5.69 Å². The first-order valence-electron chi connectivity index (χ1n) is 4.81. The number of hydrogen-bond acceptors (Lipinski definition) is 4. The van der Waals surface area contributed by atoms with Crippen LogP contribution in [0.4, 0.5) is 5.69 Å². The van der Waals surface area contributed by atoms with Crippen molar-refractivity contribution in [2.45, 2.75) is 6.92 Å². The zero-order valence-corrected chi connectivity index (χ0v) is 10.1. The van der Waals surface area contributed by atoms with Crippen LogP contribution in [0.1, 0.15) is 15.2 Å². The third-order valence-electron chi connectivity index (χ3n) is 2.42. The smallest absolute Gasteiger partial charge is 0.348 e. The first kappa shape index (κ1) is 10.9. The predicted octanol–water partition coefficient (Wildman–Crippen LogP) is 2.37. The topological polar surface area (TPSA) is 53.4 Å². The van der Waals surface area contributed by atoms with E-state index in [9.17, 15) is 4.79 Å². The summed E-state index contributed by atoms with van der Waals surface area (Å²) >= 11 is 1.22. The summed E-state index contributed by atoms with van der Waals surface area (Å²) in [5, 5.41) is 10.1. The van der Waals surface area contributed by atoms with Crippen molar-refractivity contribution in [3.05, 3.63) is 22.7 Å². The Morgan fingerprint density at radius 3 is 2.75 bits per heavy atom. The number of nitrogens with zero attached hydrogens (tertiary/aromatic N) is 2. The van der Waals surface area contributed by atoms with Crippen molar-refractivity contribution in [2.24, 2.45) is 0 Å². The molecule has 0 aliphatic carbocycles. The maximum Gasteiger partial charge on any atom is 0.348 e. The summed E-state index contributed by atoms with van der Waals surface area (Å²) < 4.78 is 0. The Balaban J connectivity index is 2.88. The van der Waals surface area contributed by atoms with Crippen LogP contribution in [0.15, 0.2) is 12.3 Å². The molecule has 0 fully saturated rings. The van der Waals surface area contributed by atoms with Crippen molar-refractivity contribution < 1.29 is 9.90 Å². The van der Waals surface area contributed by atoms with Crippen LogP contribution in [-0.2, 0) is 0 Å². The van der Waals surface area contributed by atoms with Gasteiger partial charge in [-0.25, -0.2) is 9.78 Å². The van der Waals surface area contributed by atoms with E-state index in [1.54, 1.807) is 6.20 Å². The molecule has 0 aliphatic heterocycles. The summed E-state index contributed by atoms with van der Waals surface area (Å²) in [4.78, 5) is 18.3. The molecule has 0 saturated heterocycles. The maximum atomic E-state index is 11.2. The second kappa shape index (κ2) is 3.75. The molecule has 0 unspecified atom stereocenters. The Morgan fingerprint density at radius 1 is 1.50 bits per heavy atom. The van der Waals surface area contributed by atoms with Gasteiger partial charge in [-0.15, -0.1) is 11.3 Å². The normalized spacial score (nSPS) is 10.7. The number of aromatic carboxylic acids is 1. The van der Waals surface area contributed by atoms with Crippen LogP contribution in [-0.4, -0.2) is 30.2 Å². The number of carboxylic acid groups (broad SMARTS) is 1. The Morgan fingerprint density at radius 2 is 2.19 bits per heavy atom. The van der Waals surface area contributed by atoms with Crippen LogP contribution in [0.3, 0.4) is 0 Å². The minimum Gasteiger partial charge on any atom is -0.477 e. The highest BCUT2D eigenvalue weighted by molar-refractivity contribution is 7.21. The van der Waals surface area contributed by atoms with E-state index in [1.165, 1.54) is 11.3 Å². The lowest BCUT2D eigenvalue weighted by molar-refractivity contribution is 0.0703. The monoisotopic (exact) mass is 236 g/mol. The van der Waals surface area contributed by atoms with E-state index in [2.05, 4.69) is 4.98 Å². The maximum absolute atomic E-state index is 11.2. The fourth-order valence-electron chi connectivity index (χ4n) is 1.73. The van der Waals surface area contributed by atoms with E-state index in [0.717, 1.165) is 21.5 Å². The first-order valence-corrected chi connectivity index (χ1v) is 5.62. The number of carbonyl (C=O) groups is 1. The second-order valence-corrected chi connectivity index (χ2v) is 4.79. The lowest BCUT2D eigenvalue weighted by Gasteiger charge is -2.13. The van der Waals surface area contributed by atoms with Crippen LogP contribution in [0, 0.1) is 6.92 Å². The molecule has 2 heterocycles. The van der Waals surface area contributed by atoms with Crippen LogP contribution in [0.25, 0.3) is 10.2 Å². The summed E-state index contributed by atoms with van der Waals surface area (Å²) in [5.74, 6) is -0.897. The van der Waals surface area contributed by atoms with Gasteiger partial charge in [-0.05, 0) is 18.6 Å². The molecule has 16 heavy (non-hydrogen) atoms. The lowest BCUT2D eigenvalue weighted by atomic mass is 10.1. The number of hydrogen-bond donors (Lipinski definition) is 1. The average Bonchev–Trinajstić information content (AvgIpc) is 2.58. The SMILES string of the molecule is Cc1ccnc2sc(C(=O)O)c(N(C)C)c12. The summed E-state index contributed by atoms with van der Waals surface area (Å²) in [5.41, 5.74) is 1.80. The number of carboxylic acids is 1. The van der Waals surface area contributed by atoms with E-state index < -0.39 is 5.97 Å². The minimum atomic E-state index is -0.897. The van der Waals surface area contributed by atoms with Gasteiger partial charge >= 0.3 is 5.97 Å². The predicted molar refractivity (Wildman–Crippen MR) is 65.6 cm³/mol. The van der Waals surface area contributed by atoms with E-state index in [0.29, 0.717) is 4.88 Å². The van der Waals surface area contributed by atoms with E-state index >= 15 is 0 Å². The minimum absolute atomic E-state index is 0.349. The van der Waals surface area contributed by atoms with Gasteiger partial charge in [0.25, 0.3) is 0 Å². The molecule has 2 aromatic heterocycles. The van der Waals surface area contributed by atoms with Gasteiger partial charge in [-0.1, -0.05) is 0 Å². The number of fused-ring (bicyclic) bond motifs is 1. The molecule has 0 atom stereocenters. The molecule has 2 rings (SSSR count). The van der Waals surface area contributed by atoms with E-state index in [4.69, 9.17) is 5.11 Å². The number of aromatic nitrogens is 1. The summed E-state index contributed by atoms with van der Waals surface area (Å²) in [6.45, 7) is 1.97. The number of anilines is 1. The third kappa shape index (κ3) is 1.53. The zero-order valence-electron chi connectivity index (χ0n) is 9.31. The molecule has 5 heteroatoms. The summed E-state index contributed by atoms with van der Waals surface area (Å²) in [6.07, 6.45) is 1.71. The van der Waals surface area contributed by atoms with Gasteiger partial charge < -0.3 is 10.0 Å². The van der Waals surface area contributed by atoms with Crippen molar-refractivity contribution in [2.75, 3.05) is 19.0 Å². The molecule has 0 amide bonds. The fraction of sp³-hybridized carbons (Fsp3) is 0.273. The van der Waals surface area contributed by atoms with Gasteiger partial charge in [-0.3, -0.25) is 0 Å². The molecule has 0 saturated carbocycles. The van der Waals surface area contributed by atoms with Crippen LogP contribution < -0.4 is 4.90 Å². The van der Waals surface area contributed by atoms with Crippen LogP contribution >= 0.6 is 11.3 Å². The van der Waals surface area contributed by atoms with Gasteiger partial charge in [0, 0.05) is 25.7 Å². The van der Waals surface area contributed by atoms with Crippen molar-refractivity contribution in [1.29, 1.82) is 0 Å². The number of aryl methyl sites for hydroxylation is 1. The average molecular weight is 236 g/mol. The van der Waals surface area contributed by atoms with Crippen molar-refractivity contribution in [3.8, 4) is 0 Å². The molecule has 0 bridgehead atoms. The molecule has 84 valence electrons. The molecule has 0 aliphatic rings. The molecule has 1 N–H and O–H groups in total. The highest BCUT2D eigenvalue weighted by Crippen LogP contribution is 2.37. The Labute approximate surface area is 97.1 Å². The molecule has 4 nitrogen and oxygen atoms in total. The molecular weight excluding hydrogens is 224 g/mol. The third-order valence-corrected chi connectivity index (χ3v) is 3.49. The number of rotatable bonds is 2. The van der Waals surface area contributed by atoms with E-state index in [-0.39, 0.29) is 0 Å². The summed E-state index contributed by atoms with van der Waals surface area (Å²) in [6, 6.07) is 1.90. The van der Waals surface area contributed by atoms with Gasteiger partial charge in [-0.2, -0.15) is 0 Å². The standard InChI is InChI=1S/C11H12N2O2S/c1-6-4-5-12-10-7(6)8(13(2)3)9(16-10)11(14)15/h4-5H,1-3H3,(H,14,15). The highest BCUT2D eigenvalue weighted by Gasteiger charge is 2.20. The van der Waals surface area contributed by atoms with Gasteiger partial charge in [0.1, 0.15) is 9.71 Å². The second-order valence-electron chi connectivity index (χ2n) is 3.79. The Kier molecular flexibility index (Phi) is 2.55. The first-order chi connectivity index (χ1) is 7.52. The molecule has 0 radical (unpaired) electrons. The fourth-order valence-corrected chi connectivity index (χ4v) is 2.86. The Hall–Kier alpha value is -1.62. The summed E-state index contributed by atoms with van der Waals surface area (Å²) in [7, 11) is 3.70. The number of pyridine rings is 1. The molecule has 2 aromatic rings. The Bertz CT molecular complexity index is 560. The van der Waals surface area contributed by atoms with Crippen molar-refractivity contribution >= 4 is 33.2 Å². The zero-order chi connectivity index (χ0) is 11.9. The molecule has 0 spiro atoms. The van der Waals surface area contributed by atoms with Crippen LogP contribution in [0.5, 0.6) is 0 Å². The van der Waals surface area contributed by atoms with Crippen molar-refractivity contribution in [3.63, 3.8) is 0 Å². The lowest BCUT2D eigenvalue weighted by Crippen LogP contribution is -2.12. The van der Waals surface area contributed by atoms with Crippen LogP contribution in [0.2, 0.25) is 0 Å². The quantitative estimate of drug-likeness (QED) is 0.869. The number of thiophene rings is 1. The highest BCUT2D eigenvalue weighted by atomic mass is 32.1. The van der Waals surface area contributed by atoms with E-state index in [1.807, 2.05) is 32.0 Å².